The first-order valence-electron chi connectivity index (χ1n) is 5.44. The van der Waals surface area contributed by atoms with E-state index in [1.807, 2.05) is 0 Å². The minimum absolute atomic E-state index is 0.00417. The number of ether oxygens (including phenoxy) is 1. The summed E-state index contributed by atoms with van der Waals surface area (Å²) in [6.45, 7) is 1.78. The van der Waals surface area contributed by atoms with Gasteiger partial charge in [-0.05, 0) is 36.8 Å². The fourth-order valence-corrected chi connectivity index (χ4v) is 1.73. The van der Waals surface area contributed by atoms with Gasteiger partial charge >= 0.3 is 5.97 Å². The zero-order valence-electron chi connectivity index (χ0n) is 9.98. The Balaban J connectivity index is 2.45. The lowest BCUT2D eigenvalue weighted by Gasteiger charge is -2.10. The van der Waals surface area contributed by atoms with Crippen LogP contribution in [0.1, 0.15) is 15.9 Å². The fourth-order valence-electron chi connectivity index (χ4n) is 1.56. The number of hydrogen-bond donors (Lipinski definition) is 1. The number of benzene rings is 2. The quantitative estimate of drug-likeness (QED) is 0.913. The summed E-state index contributed by atoms with van der Waals surface area (Å²) in [7, 11) is 0. The van der Waals surface area contributed by atoms with E-state index in [-0.39, 0.29) is 17.1 Å². The van der Waals surface area contributed by atoms with Crippen LogP contribution in [0.15, 0.2) is 36.4 Å². The summed E-state index contributed by atoms with van der Waals surface area (Å²) < 4.78 is 18.9. The molecule has 5 heteroatoms. The highest BCUT2D eigenvalue weighted by molar-refractivity contribution is 6.30. The molecule has 1 N–H and O–H groups in total. The Labute approximate surface area is 114 Å². The average molecular weight is 281 g/mol. The van der Waals surface area contributed by atoms with Gasteiger partial charge in [0.15, 0.2) is 11.6 Å². The van der Waals surface area contributed by atoms with Gasteiger partial charge in [0.1, 0.15) is 11.3 Å². The number of halogens is 2. The van der Waals surface area contributed by atoms with Crippen molar-refractivity contribution in [1.82, 2.24) is 0 Å². The number of carboxylic acid groups (broad SMARTS) is 1. The predicted octanol–water partition coefficient (Wildman–Crippen LogP) is 4.28. The van der Waals surface area contributed by atoms with Crippen LogP contribution in [-0.2, 0) is 0 Å². The highest BCUT2D eigenvalue weighted by Gasteiger charge is 2.14. The van der Waals surface area contributed by atoms with Crippen LogP contribution in [0.5, 0.6) is 11.5 Å². The van der Waals surface area contributed by atoms with E-state index in [1.54, 1.807) is 13.0 Å². The van der Waals surface area contributed by atoms with Crippen LogP contribution < -0.4 is 4.74 Å². The molecule has 0 amide bonds. The standard InChI is InChI=1S/C14H10ClFO3/c1-8-2-5-11(16)13(6-8)19-12-7-9(15)3-4-10(12)14(17)18/h2-7H,1H3,(H,17,18). The third-order valence-electron chi connectivity index (χ3n) is 2.48. The zero-order valence-corrected chi connectivity index (χ0v) is 10.7. The lowest BCUT2D eigenvalue weighted by atomic mass is 10.2. The predicted molar refractivity (Wildman–Crippen MR) is 69.6 cm³/mol. The summed E-state index contributed by atoms with van der Waals surface area (Å²) in [6, 6.07) is 8.43. The van der Waals surface area contributed by atoms with E-state index < -0.39 is 11.8 Å². The van der Waals surface area contributed by atoms with Crippen LogP contribution in [0.3, 0.4) is 0 Å². The molecule has 2 aromatic rings. The summed E-state index contributed by atoms with van der Waals surface area (Å²) in [6.07, 6.45) is 0. The summed E-state index contributed by atoms with van der Waals surface area (Å²) in [4.78, 5) is 11.1. The number of rotatable bonds is 3. The first-order chi connectivity index (χ1) is 8.97. The van der Waals surface area contributed by atoms with E-state index in [4.69, 9.17) is 21.4 Å². The maximum Gasteiger partial charge on any atom is 0.339 e. The van der Waals surface area contributed by atoms with Gasteiger partial charge in [0.25, 0.3) is 0 Å². The van der Waals surface area contributed by atoms with Crippen molar-refractivity contribution < 1.29 is 19.0 Å². The van der Waals surface area contributed by atoms with E-state index in [0.717, 1.165) is 5.56 Å². The Kier molecular flexibility index (Phi) is 3.71. The van der Waals surface area contributed by atoms with E-state index in [9.17, 15) is 9.18 Å². The molecule has 0 radical (unpaired) electrons. The second-order valence-electron chi connectivity index (χ2n) is 3.98. The molecule has 0 aliphatic heterocycles. The third kappa shape index (κ3) is 3.03. The summed E-state index contributed by atoms with van der Waals surface area (Å²) in [5.74, 6) is -1.77. The van der Waals surface area contributed by atoms with Gasteiger partial charge < -0.3 is 9.84 Å². The molecule has 0 atom stereocenters. The molecule has 0 saturated carbocycles. The maximum absolute atomic E-state index is 13.6. The molecule has 19 heavy (non-hydrogen) atoms. The first-order valence-corrected chi connectivity index (χ1v) is 5.82. The number of carboxylic acids is 1. The van der Waals surface area contributed by atoms with Crippen LogP contribution in [0.25, 0.3) is 0 Å². The summed E-state index contributed by atoms with van der Waals surface area (Å²) in [5, 5.41) is 9.35. The van der Waals surface area contributed by atoms with Crippen LogP contribution in [0, 0.1) is 12.7 Å². The second-order valence-corrected chi connectivity index (χ2v) is 4.42. The van der Waals surface area contributed by atoms with Crippen LogP contribution in [-0.4, -0.2) is 11.1 Å². The van der Waals surface area contributed by atoms with Crippen molar-refractivity contribution in [3.8, 4) is 11.5 Å². The molecule has 98 valence electrons. The number of aromatic carboxylic acids is 1. The van der Waals surface area contributed by atoms with Gasteiger partial charge in [-0.2, -0.15) is 0 Å². The van der Waals surface area contributed by atoms with Crippen molar-refractivity contribution in [3.63, 3.8) is 0 Å². The lowest BCUT2D eigenvalue weighted by Crippen LogP contribution is -2.00. The summed E-state index contributed by atoms with van der Waals surface area (Å²) in [5.41, 5.74) is 0.723. The van der Waals surface area contributed by atoms with Crippen molar-refractivity contribution in [2.75, 3.05) is 0 Å². The Hall–Kier alpha value is -2.07. The van der Waals surface area contributed by atoms with Gasteiger partial charge in [0.05, 0.1) is 0 Å². The zero-order chi connectivity index (χ0) is 14.0. The Morgan fingerprint density at radius 2 is 1.95 bits per heavy atom. The van der Waals surface area contributed by atoms with Crippen LogP contribution >= 0.6 is 11.6 Å². The molecular formula is C14H10ClFO3. The smallest absolute Gasteiger partial charge is 0.339 e. The number of carbonyl (C=O) groups is 1. The monoisotopic (exact) mass is 280 g/mol. The van der Waals surface area contributed by atoms with Crippen molar-refractivity contribution >= 4 is 17.6 Å². The van der Waals surface area contributed by atoms with Crippen molar-refractivity contribution in [3.05, 3.63) is 58.4 Å². The van der Waals surface area contributed by atoms with Gasteiger partial charge in [0, 0.05) is 11.1 Å². The topological polar surface area (TPSA) is 46.5 Å². The van der Waals surface area contributed by atoms with Crippen LogP contribution in [0.2, 0.25) is 5.02 Å². The van der Waals surface area contributed by atoms with E-state index in [2.05, 4.69) is 0 Å². The molecule has 0 aromatic heterocycles. The Morgan fingerprint density at radius 3 is 2.63 bits per heavy atom. The Morgan fingerprint density at radius 1 is 1.21 bits per heavy atom. The number of hydrogen-bond acceptors (Lipinski definition) is 2. The molecule has 0 aliphatic rings. The maximum atomic E-state index is 13.6. The van der Waals surface area contributed by atoms with E-state index in [0.29, 0.717) is 5.02 Å². The average Bonchev–Trinajstić information content (AvgIpc) is 2.33. The fraction of sp³-hybridized carbons (Fsp3) is 0.0714. The first kappa shape index (κ1) is 13.4. The normalized spacial score (nSPS) is 10.3. The molecule has 0 aliphatic carbocycles. The van der Waals surface area contributed by atoms with Gasteiger partial charge in [-0.1, -0.05) is 17.7 Å². The van der Waals surface area contributed by atoms with E-state index >= 15 is 0 Å². The molecular weight excluding hydrogens is 271 g/mol. The molecule has 2 rings (SSSR count). The van der Waals surface area contributed by atoms with Crippen LogP contribution in [0.4, 0.5) is 4.39 Å². The molecule has 0 heterocycles. The lowest BCUT2D eigenvalue weighted by molar-refractivity contribution is 0.0694. The van der Waals surface area contributed by atoms with Gasteiger partial charge in [-0.15, -0.1) is 0 Å². The minimum atomic E-state index is -1.17. The second kappa shape index (κ2) is 5.28. The molecule has 0 spiro atoms. The highest BCUT2D eigenvalue weighted by atomic mass is 35.5. The van der Waals surface area contributed by atoms with Crippen molar-refractivity contribution in [2.45, 2.75) is 6.92 Å². The van der Waals surface area contributed by atoms with Crippen molar-refractivity contribution in [2.24, 2.45) is 0 Å². The largest absolute Gasteiger partial charge is 0.478 e. The molecule has 0 bridgehead atoms. The summed E-state index contributed by atoms with van der Waals surface area (Å²) >= 11 is 5.79. The van der Waals surface area contributed by atoms with Gasteiger partial charge in [0.2, 0.25) is 0 Å². The number of aryl methyl sites for hydroxylation is 1. The Bertz CT molecular complexity index is 641. The molecule has 0 fully saturated rings. The van der Waals surface area contributed by atoms with Gasteiger partial charge in [-0.25, -0.2) is 9.18 Å². The third-order valence-corrected chi connectivity index (χ3v) is 2.72. The SMILES string of the molecule is Cc1ccc(F)c(Oc2cc(Cl)ccc2C(=O)O)c1. The molecule has 2 aromatic carbocycles. The molecule has 0 saturated heterocycles. The van der Waals surface area contributed by atoms with Gasteiger partial charge in [-0.3, -0.25) is 0 Å². The van der Waals surface area contributed by atoms with Crippen molar-refractivity contribution in [1.29, 1.82) is 0 Å². The highest BCUT2D eigenvalue weighted by Crippen LogP contribution is 2.30. The minimum Gasteiger partial charge on any atom is -0.478 e. The van der Waals surface area contributed by atoms with E-state index in [1.165, 1.54) is 30.3 Å². The molecule has 0 unspecified atom stereocenters. The molecule has 3 nitrogen and oxygen atoms in total.